The van der Waals surface area contributed by atoms with E-state index in [0.29, 0.717) is 18.9 Å². The Hall–Kier alpha value is -3.34. The van der Waals surface area contributed by atoms with Gasteiger partial charge in [0.15, 0.2) is 5.56 Å². The van der Waals surface area contributed by atoms with Gasteiger partial charge in [-0.25, -0.2) is 9.78 Å². The number of anilines is 1. The number of nitrogens with one attached hydrogen (secondary N) is 1. The second-order valence-electron chi connectivity index (χ2n) is 6.94. The van der Waals surface area contributed by atoms with Gasteiger partial charge in [0.25, 0.3) is 5.56 Å². The van der Waals surface area contributed by atoms with Gasteiger partial charge in [-0.05, 0) is 25.0 Å². The molecule has 0 bridgehead atoms. The first-order chi connectivity index (χ1) is 13.0. The third-order valence-corrected chi connectivity index (χ3v) is 5.26. The summed E-state index contributed by atoms with van der Waals surface area (Å²) in [6, 6.07) is 9.86. The van der Waals surface area contributed by atoms with E-state index in [1.807, 2.05) is 35.2 Å². The lowest BCUT2D eigenvalue weighted by molar-refractivity contribution is 0.484. The van der Waals surface area contributed by atoms with Crippen LogP contribution in [0.5, 0.6) is 0 Å². The molecule has 8 nitrogen and oxygen atoms in total. The molecular formula is C19H20N6O2. The summed E-state index contributed by atoms with van der Waals surface area (Å²) >= 11 is 0. The molecule has 0 amide bonds. The smallest absolute Gasteiger partial charge is 0.332 e. The van der Waals surface area contributed by atoms with Crippen LogP contribution in [0.15, 0.2) is 33.9 Å². The van der Waals surface area contributed by atoms with Crippen LogP contribution in [0.1, 0.15) is 30.1 Å². The number of aromatic amines is 1. The predicted octanol–water partition coefficient (Wildman–Crippen LogP) is 1.22. The molecule has 0 aliphatic carbocycles. The standard InChI is InChI=1S/C19H20N6O2/c1-23-17(13(10-20)18(26)24(2)19(23)27)25-9-5-6-12(11-25)16-21-14-7-3-4-8-15(14)22-16/h3-4,7-8,12H,5-6,9,11H2,1-2H3,(H,21,22)/t12-/m1/s1. The minimum Gasteiger partial charge on any atom is -0.356 e. The van der Waals surface area contributed by atoms with Crippen molar-refractivity contribution in [2.24, 2.45) is 14.1 Å². The maximum Gasteiger partial charge on any atom is 0.332 e. The molecule has 4 rings (SSSR count). The van der Waals surface area contributed by atoms with Crippen LogP contribution in [-0.4, -0.2) is 32.2 Å². The number of fused-ring (bicyclic) bond motifs is 1. The molecule has 1 atom stereocenters. The number of imidazole rings is 1. The average molecular weight is 364 g/mol. The monoisotopic (exact) mass is 364 g/mol. The molecule has 3 aromatic rings. The zero-order chi connectivity index (χ0) is 19.1. The van der Waals surface area contributed by atoms with Gasteiger partial charge < -0.3 is 9.88 Å². The maximum absolute atomic E-state index is 12.4. The molecule has 1 fully saturated rings. The third-order valence-electron chi connectivity index (χ3n) is 5.26. The van der Waals surface area contributed by atoms with Crippen molar-refractivity contribution < 1.29 is 0 Å². The fourth-order valence-corrected chi connectivity index (χ4v) is 3.86. The Morgan fingerprint density at radius 3 is 2.74 bits per heavy atom. The summed E-state index contributed by atoms with van der Waals surface area (Å²) in [6.45, 7) is 1.28. The van der Waals surface area contributed by atoms with E-state index in [0.717, 1.165) is 34.3 Å². The van der Waals surface area contributed by atoms with Crippen molar-refractivity contribution in [3.05, 3.63) is 56.5 Å². The van der Waals surface area contributed by atoms with Gasteiger partial charge in [0.1, 0.15) is 17.7 Å². The van der Waals surface area contributed by atoms with Gasteiger partial charge in [-0.2, -0.15) is 5.26 Å². The van der Waals surface area contributed by atoms with Crippen LogP contribution in [0.25, 0.3) is 11.0 Å². The molecule has 138 valence electrons. The van der Waals surface area contributed by atoms with E-state index in [-0.39, 0.29) is 11.5 Å². The molecule has 1 aliphatic heterocycles. The molecule has 27 heavy (non-hydrogen) atoms. The molecular weight excluding hydrogens is 344 g/mol. The number of hydrogen-bond acceptors (Lipinski definition) is 5. The fraction of sp³-hybridized carbons (Fsp3) is 0.368. The predicted molar refractivity (Wildman–Crippen MR) is 102 cm³/mol. The summed E-state index contributed by atoms with van der Waals surface area (Å²) in [5.41, 5.74) is 0.929. The summed E-state index contributed by atoms with van der Waals surface area (Å²) in [7, 11) is 2.99. The van der Waals surface area contributed by atoms with Crippen molar-refractivity contribution in [1.82, 2.24) is 19.1 Å². The normalized spacial score (nSPS) is 17.2. The molecule has 1 N–H and O–H groups in total. The average Bonchev–Trinajstić information content (AvgIpc) is 3.13. The third kappa shape index (κ3) is 2.72. The van der Waals surface area contributed by atoms with Crippen molar-refractivity contribution in [3.8, 4) is 6.07 Å². The molecule has 2 aromatic heterocycles. The van der Waals surface area contributed by atoms with E-state index < -0.39 is 11.2 Å². The molecule has 8 heteroatoms. The van der Waals surface area contributed by atoms with Crippen molar-refractivity contribution in [2.75, 3.05) is 18.0 Å². The van der Waals surface area contributed by atoms with E-state index in [2.05, 4.69) is 4.98 Å². The Labute approximate surface area is 155 Å². The zero-order valence-electron chi connectivity index (χ0n) is 15.3. The zero-order valence-corrected chi connectivity index (χ0v) is 15.3. The first-order valence-electron chi connectivity index (χ1n) is 8.91. The molecule has 1 aliphatic rings. The van der Waals surface area contributed by atoms with Crippen molar-refractivity contribution in [1.29, 1.82) is 5.26 Å². The first-order valence-corrected chi connectivity index (χ1v) is 8.91. The number of H-pyrrole nitrogens is 1. The summed E-state index contributed by atoms with van der Waals surface area (Å²) in [5.74, 6) is 1.43. The number of rotatable bonds is 2. The quantitative estimate of drug-likeness (QED) is 0.737. The van der Waals surface area contributed by atoms with E-state index in [4.69, 9.17) is 4.98 Å². The number of aromatic nitrogens is 4. The highest BCUT2D eigenvalue weighted by atomic mass is 16.2. The van der Waals surface area contributed by atoms with E-state index >= 15 is 0 Å². The van der Waals surface area contributed by atoms with Gasteiger partial charge in [-0.3, -0.25) is 13.9 Å². The highest BCUT2D eigenvalue weighted by Crippen LogP contribution is 2.29. The van der Waals surface area contributed by atoms with Crippen LogP contribution in [0.2, 0.25) is 0 Å². The van der Waals surface area contributed by atoms with Gasteiger partial charge in [-0.15, -0.1) is 0 Å². The number of benzene rings is 1. The maximum atomic E-state index is 12.4. The van der Waals surface area contributed by atoms with Crippen LogP contribution in [0, 0.1) is 11.3 Å². The Kier molecular flexibility index (Phi) is 4.07. The highest BCUT2D eigenvalue weighted by molar-refractivity contribution is 5.74. The van der Waals surface area contributed by atoms with Gasteiger partial charge >= 0.3 is 5.69 Å². The Balaban J connectivity index is 1.75. The fourth-order valence-electron chi connectivity index (χ4n) is 3.86. The van der Waals surface area contributed by atoms with Gasteiger partial charge in [0, 0.05) is 33.1 Å². The lowest BCUT2D eigenvalue weighted by Gasteiger charge is -2.34. The van der Waals surface area contributed by atoms with Crippen molar-refractivity contribution in [3.63, 3.8) is 0 Å². The number of piperidine rings is 1. The lowest BCUT2D eigenvalue weighted by atomic mass is 9.97. The molecule has 0 saturated carbocycles. The number of nitriles is 1. The molecule has 3 heterocycles. The van der Waals surface area contributed by atoms with Gasteiger partial charge in [0.2, 0.25) is 0 Å². The SMILES string of the molecule is Cn1c(N2CCC[C@@H](c3nc4ccccc4[nH]3)C2)c(C#N)c(=O)n(C)c1=O. The van der Waals surface area contributed by atoms with E-state index in [1.54, 1.807) is 7.05 Å². The van der Waals surface area contributed by atoms with Gasteiger partial charge in [0.05, 0.1) is 11.0 Å². The topological polar surface area (TPSA) is 99.7 Å². The van der Waals surface area contributed by atoms with Crippen LogP contribution in [0.4, 0.5) is 5.82 Å². The largest absolute Gasteiger partial charge is 0.356 e. The number of para-hydroxylation sites is 2. The molecule has 0 unspecified atom stereocenters. The second-order valence-corrected chi connectivity index (χ2v) is 6.94. The van der Waals surface area contributed by atoms with E-state index in [9.17, 15) is 14.9 Å². The number of nitrogens with zero attached hydrogens (tertiary/aromatic N) is 5. The molecule has 1 aromatic carbocycles. The molecule has 0 spiro atoms. The second kappa shape index (κ2) is 6.43. The Bertz CT molecular complexity index is 1150. The van der Waals surface area contributed by atoms with Crippen LogP contribution in [-0.2, 0) is 14.1 Å². The number of hydrogen-bond donors (Lipinski definition) is 1. The van der Waals surface area contributed by atoms with Gasteiger partial charge in [-0.1, -0.05) is 12.1 Å². The first kappa shape index (κ1) is 17.1. The lowest BCUT2D eigenvalue weighted by Crippen LogP contribution is -2.45. The van der Waals surface area contributed by atoms with Crippen molar-refractivity contribution in [2.45, 2.75) is 18.8 Å². The highest BCUT2D eigenvalue weighted by Gasteiger charge is 2.28. The molecule has 0 radical (unpaired) electrons. The summed E-state index contributed by atoms with van der Waals surface area (Å²) in [4.78, 5) is 34.8. The van der Waals surface area contributed by atoms with E-state index in [1.165, 1.54) is 11.6 Å². The Morgan fingerprint density at radius 1 is 1.22 bits per heavy atom. The van der Waals surface area contributed by atoms with Crippen LogP contribution >= 0.6 is 0 Å². The summed E-state index contributed by atoms with van der Waals surface area (Å²) < 4.78 is 2.36. The summed E-state index contributed by atoms with van der Waals surface area (Å²) in [5, 5.41) is 9.52. The van der Waals surface area contributed by atoms with Crippen LogP contribution < -0.4 is 16.1 Å². The molecule has 1 saturated heterocycles. The van der Waals surface area contributed by atoms with Crippen LogP contribution in [0.3, 0.4) is 0 Å². The van der Waals surface area contributed by atoms with Crippen molar-refractivity contribution >= 4 is 16.9 Å². The summed E-state index contributed by atoms with van der Waals surface area (Å²) in [6.07, 6.45) is 1.84. The minimum atomic E-state index is -0.554. The minimum absolute atomic E-state index is 0.00450. The Morgan fingerprint density at radius 2 is 2.00 bits per heavy atom.